The zero-order valence-electron chi connectivity index (χ0n) is 22.0. The molecule has 38 heavy (non-hydrogen) atoms. The molecule has 1 aromatic carbocycles. The SMILES string of the molecule is COCC(C)(C)NCc1cc(NC(=O)C2OC(C)(C(F)(F)F)C(C)C2c2ccc(F)c(F)c2OC)ccn1. The highest BCUT2D eigenvalue weighted by Gasteiger charge is 2.65. The van der Waals surface area contributed by atoms with Crippen molar-refractivity contribution in [1.82, 2.24) is 10.3 Å². The van der Waals surface area contributed by atoms with Crippen LogP contribution in [0.15, 0.2) is 30.5 Å². The average molecular weight is 546 g/mol. The van der Waals surface area contributed by atoms with Crippen LogP contribution in [0.1, 0.15) is 44.9 Å². The van der Waals surface area contributed by atoms with E-state index in [1.165, 1.54) is 19.2 Å². The largest absolute Gasteiger partial charge is 0.493 e. The van der Waals surface area contributed by atoms with Gasteiger partial charge in [-0.05, 0) is 39.0 Å². The molecule has 0 aliphatic carbocycles. The van der Waals surface area contributed by atoms with Gasteiger partial charge >= 0.3 is 6.18 Å². The molecule has 4 unspecified atom stereocenters. The number of methoxy groups -OCH3 is 2. The van der Waals surface area contributed by atoms with Gasteiger partial charge in [-0.3, -0.25) is 9.78 Å². The smallest absolute Gasteiger partial charge is 0.417 e. The quantitative estimate of drug-likeness (QED) is 0.434. The highest BCUT2D eigenvalue weighted by molar-refractivity contribution is 5.95. The van der Waals surface area contributed by atoms with Crippen molar-refractivity contribution in [2.24, 2.45) is 5.92 Å². The highest BCUT2D eigenvalue weighted by Crippen LogP contribution is 2.55. The normalized spacial score (nSPS) is 23.9. The van der Waals surface area contributed by atoms with Crippen LogP contribution in [-0.4, -0.2) is 55.1 Å². The second-order valence-electron chi connectivity index (χ2n) is 10.1. The van der Waals surface area contributed by atoms with Gasteiger partial charge in [-0.25, -0.2) is 4.39 Å². The van der Waals surface area contributed by atoms with Gasteiger partial charge in [-0.1, -0.05) is 13.0 Å². The van der Waals surface area contributed by atoms with Crippen LogP contribution in [0.5, 0.6) is 5.75 Å². The van der Waals surface area contributed by atoms with E-state index in [1.54, 1.807) is 13.2 Å². The van der Waals surface area contributed by atoms with Gasteiger partial charge in [0.05, 0.1) is 19.4 Å². The van der Waals surface area contributed by atoms with E-state index in [1.807, 2.05) is 13.8 Å². The Morgan fingerprint density at radius 1 is 1.18 bits per heavy atom. The van der Waals surface area contributed by atoms with Crippen molar-refractivity contribution in [3.8, 4) is 5.75 Å². The predicted octanol–water partition coefficient (Wildman–Crippen LogP) is 4.96. The van der Waals surface area contributed by atoms with Gasteiger partial charge in [-0.2, -0.15) is 17.6 Å². The summed E-state index contributed by atoms with van der Waals surface area (Å²) >= 11 is 0. The van der Waals surface area contributed by atoms with Crippen LogP contribution >= 0.6 is 0 Å². The molecule has 2 N–H and O–H groups in total. The van der Waals surface area contributed by atoms with Crippen molar-refractivity contribution in [3.05, 3.63) is 53.4 Å². The number of alkyl halides is 3. The number of nitrogens with one attached hydrogen (secondary N) is 2. The first-order valence-electron chi connectivity index (χ1n) is 11.9. The fraction of sp³-hybridized carbons (Fsp3) is 0.538. The third-order valence-electron chi connectivity index (χ3n) is 6.91. The Hall–Kier alpha value is -2.83. The number of halogens is 5. The summed E-state index contributed by atoms with van der Waals surface area (Å²) in [5.41, 5.74) is -2.36. The molecule has 0 saturated carbocycles. The first-order valence-corrected chi connectivity index (χ1v) is 11.9. The minimum atomic E-state index is -4.85. The molecule has 1 aromatic heterocycles. The average Bonchev–Trinajstić information content (AvgIpc) is 3.11. The molecule has 1 aliphatic heterocycles. The molecule has 12 heteroatoms. The number of carbonyl (C=O) groups is 1. The molecule has 210 valence electrons. The number of carbonyl (C=O) groups excluding carboxylic acids is 1. The van der Waals surface area contributed by atoms with Crippen LogP contribution in [0.2, 0.25) is 0 Å². The molecule has 1 aliphatic rings. The van der Waals surface area contributed by atoms with Crippen LogP contribution in [0, 0.1) is 17.6 Å². The van der Waals surface area contributed by atoms with Gasteiger partial charge in [0.25, 0.3) is 5.91 Å². The van der Waals surface area contributed by atoms with Crippen LogP contribution in [0.25, 0.3) is 0 Å². The molecule has 1 amide bonds. The third-order valence-corrected chi connectivity index (χ3v) is 6.91. The van der Waals surface area contributed by atoms with Crippen molar-refractivity contribution >= 4 is 11.6 Å². The summed E-state index contributed by atoms with van der Waals surface area (Å²) in [7, 11) is 2.65. The summed E-state index contributed by atoms with van der Waals surface area (Å²) in [6, 6.07) is 4.95. The van der Waals surface area contributed by atoms with E-state index in [2.05, 4.69) is 15.6 Å². The zero-order chi connectivity index (χ0) is 28.5. The van der Waals surface area contributed by atoms with Crippen LogP contribution in [0.4, 0.5) is 27.6 Å². The number of anilines is 1. The number of aromatic nitrogens is 1. The lowest BCUT2D eigenvalue weighted by Gasteiger charge is -2.32. The molecule has 7 nitrogen and oxygen atoms in total. The van der Waals surface area contributed by atoms with E-state index in [4.69, 9.17) is 14.2 Å². The lowest BCUT2D eigenvalue weighted by atomic mass is 9.77. The summed E-state index contributed by atoms with van der Waals surface area (Å²) in [4.78, 5) is 17.6. The summed E-state index contributed by atoms with van der Waals surface area (Å²) in [5.74, 6) is -6.71. The van der Waals surface area contributed by atoms with Crippen molar-refractivity contribution in [3.63, 3.8) is 0 Å². The minimum absolute atomic E-state index is 0.105. The molecular weight excluding hydrogens is 513 g/mol. The van der Waals surface area contributed by atoms with E-state index in [0.717, 1.165) is 26.2 Å². The molecular formula is C26H32F5N3O4. The van der Waals surface area contributed by atoms with Gasteiger partial charge in [0.15, 0.2) is 17.2 Å². The Morgan fingerprint density at radius 3 is 2.47 bits per heavy atom. The Kier molecular flexibility index (Phi) is 8.69. The second-order valence-corrected chi connectivity index (χ2v) is 10.1. The molecule has 1 fully saturated rings. The molecule has 1 saturated heterocycles. The number of rotatable bonds is 9. The lowest BCUT2D eigenvalue weighted by Crippen LogP contribution is -2.47. The monoisotopic (exact) mass is 545 g/mol. The molecule has 0 spiro atoms. The van der Waals surface area contributed by atoms with E-state index < -0.39 is 53.0 Å². The summed E-state index contributed by atoms with van der Waals surface area (Å²) in [6.45, 7) is 6.73. The maximum Gasteiger partial charge on any atom is 0.417 e. The maximum absolute atomic E-state index is 14.5. The van der Waals surface area contributed by atoms with E-state index in [9.17, 15) is 26.7 Å². The van der Waals surface area contributed by atoms with Crippen LogP contribution in [0.3, 0.4) is 0 Å². The van der Waals surface area contributed by atoms with E-state index >= 15 is 0 Å². The number of hydrogen-bond donors (Lipinski definition) is 2. The highest BCUT2D eigenvalue weighted by atomic mass is 19.4. The molecule has 2 aromatic rings. The topological polar surface area (TPSA) is 81.7 Å². The Labute approximate surface area is 218 Å². The fourth-order valence-electron chi connectivity index (χ4n) is 4.65. The number of hydrogen-bond acceptors (Lipinski definition) is 6. The Balaban J connectivity index is 1.93. The summed E-state index contributed by atoms with van der Waals surface area (Å²) in [6.07, 6.45) is -5.09. The van der Waals surface area contributed by atoms with E-state index in [0.29, 0.717) is 18.8 Å². The maximum atomic E-state index is 14.5. The Morgan fingerprint density at radius 2 is 1.87 bits per heavy atom. The Bertz CT molecular complexity index is 1160. The first-order chi connectivity index (χ1) is 17.6. The molecule has 0 bridgehead atoms. The fourth-order valence-corrected chi connectivity index (χ4v) is 4.65. The standard InChI is InChI=1S/C26H32F5N3O4/c1-14-19(17-7-8-18(27)20(28)21(17)37-6)22(38-25(14,4)26(29,30)31)23(35)34-15-9-10-32-16(11-15)12-33-24(2,3)13-36-5/h7-11,14,19,22,33H,12-13H2,1-6H3,(H,32,34,35). The molecule has 2 heterocycles. The van der Waals surface area contributed by atoms with Crippen molar-refractivity contribution < 1.29 is 41.0 Å². The number of ether oxygens (including phenoxy) is 3. The number of amides is 1. The van der Waals surface area contributed by atoms with E-state index in [-0.39, 0.29) is 16.8 Å². The van der Waals surface area contributed by atoms with Gasteiger partial charge in [0.2, 0.25) is 5.82 Å². The zero-order valence-corrected chi connectivity index (χ0v) is 22.0. The predicted molar refractivity (Wildman–Crippen MR) is 130 cm³/mol. The third kappa shape index (κ3) is 5.92. The molecule has 0 radical (unpaired) electrons. The summed E-state index contributed by atoms with van der Waals surface area (Å²) < 4.78 is 86.3. The van der Waals surface area contributed by atoms with Crippen molar-refractivity contribution in [2.45, 2.75) is 63.6 Å². The molecule has 4 atom stereocenters. The molecule has 3 rings (SSSR count). The van der Waals surface area contributed by atoms with Gasteiger partial charge in [0, 0.05) is 48.5 Å². The summed E-state index contributed by atoms with van der Waals surface area (Å²) in [5, 5.41) is 5.85. The second kappa shape index (κ2) is 11.1. The van der Waals surface area contributed by atoms with Gasteiger partial charge < -0.3 is 24.8 Å². The number of pyridine rings is 1. The van der Waals surface area contributed by atoms with Crippen molar-refractivity contribution in [2.75, 3.05) is 26.1 Å². The van der Waals surface area contributed by atoms with Crippen LogP contribution < -0.4 is 15.4 Å². The number of benzene rings is 1. The lowest BCUT2D eigenvalue weighted by molar-refractivity contribution is -0.272. The number of nitrogens with zero attached hydrogens (tertiary/aromatic N) is 1. The van der Waals surface area contributed by atoms with Gasteiger partial charge in [0.1, 0.15) is 6.10 Å². The minimum Gasteiger partial charge on any atom is -0.493 e. The van der Waals surface area contributed by atoms with Crippen molar-refractivity contribution in [1.29, 1.82) is 0 Å². The van der Waals surface area contributed by atoms with Crippen LogP contribution in [-0.2, 0) is 20.8 Å². The first kappa shape index (κ1) is 29.7. The van der Waals surface area contributed by atoms with Gasteiger partial charge in [-0.15, -0.1) is 0 Å².